The van der Waals surface area contributed by atoms with E-state index in [1.54, 1.807) is 0 Å². The summed E-state index contributed by atoms with van der Waals surface area (Å²) in [7, 11) is 0. The minimum atomic E-state index is -0.204. The van der Waals surface area contributed by atoms with Crippen LogP contribution in [0.2, 0.25) is 0 Å². The molecule has 3 unspecified atom stereocenters. The van der Waals surface area contributed by atoms with Gasteiger partial charge in [-0.25, -0.2) is 0 Å². The first-order valence-corrected chi connectivity index (χ1v) is 9.01. The number of ether oxygens (including phenoxy) is 2. The average molecular weight is 292 g/mol. The van der Waals surface area contributed by atoms with Crippen LogP contribution in [0.1, 0.15) is 71.1 Å². The highest BCUT2D eigenvalue weighted by Gasteiger charge is 2.51. The SMILES string of the molecule is CC1OC2(CCC3CC(C4CCC(=O)CC4)CCC3C2)O1. The largest absolute Gasteiger partial charge is 0.321 e. The molecule has 1 saturated heterocycles. The van der Waals surface area contributed by atoms with Crippen LogP contribution in [0.5, 0.6) is 0 Å². The Bertz CT molecular complexity index is 403. The fourth-order valence-corrected chi connectivity index (χ4v) is 5.58. The standard InChI is InChI=1S/C18H28O3/c1-12-20-18(21-12)9-8-15-10-14(2-3-16(15)11-18)13-4-6-17(19)7-5-13/h12-16H,2-11H2,1H3. The van der Waals surface area contributed by atoms with Crippen molar-refractivity contribution in [3.63, 3.8) is 0 Å². The van der Waals surface area contributed by atoms with E-state index in [1.807, 2.05) is 6.92 Å². The molecule has 0 bridgehead atoms. The molecular weight excluding hydrogens is 264 g/mol. The Hall–Kier alpha value is -0.410. The van der Waals surface area contributed by atoms with Crippen LogP contribution in [0.25, 0.3) is 0 Å². The van der Waals surface area contributed by atoms with Gasteiger partial charge in [-0.1, -0.05) is 0 Å². The van der Waals surface area contributed by atoms with Crippen molar-refractivity contribution in [2.24, 2.45) is 23.7 Å². The lowest BCUT2D eigenvalue weighted by Gasteiger charge is -2.54. The summed E-state index contributed by atoms with van der Waals surface area (Å²) in [6.07, 6.45) is 11.6. The van der Waals surface area contributed by atoms with Gasteiger partial charge >= 0.3 is 0 Å². The highest BCUT2D eigenvalue weighted by Crippen LogP contribution is 2.53. The molecule has 4 aliphatic rings. The van der Waals surface area contributed by atoms with Crippen LogP contribution in [-0.2, 0) is 14.3 Å². The monoisotopic (exact) mass is 292 g/mol. The van der Waals surface area contributed by atoms with Gasteiger partial charge in [-0.15, -0.1) is 0 Å². The van der Waals surface area contributed by atoms with Gasteiger partial charge in [-0.2, -0.15) is 0 Å². The molecule has 0 aromatic carbocycles. The highest BCUT2D eigenvalue weighted by atomic mass is 16.9. The number of fused-ring (bicyclic) bond motifs is 1. The van der Waals surface area contributed by atoms with Crippen LogP contribution in [-0.4, -0.2) is 17.9 Å². The van der Waals surface area contributed by atoms with Gasteiger partial charge in [0.2, 0.25) is 0 Å². The quantitative estimate of drug-likeness (QED) is 0.731. The molecule has 3 atom stereocenters. The summed E-state index contributed by atoms with van der Waals surface area (Å²) in [6.45, 7) is 2.00. The molecule has 0 amide bonds. The maximum absolute atomic E-state index is 11.4. The first kappa shape index (κ1) is 14.2. The third-order valence-electron chi connectivity index (χ3n) is 6.67. The first-order valence-electron chi connectivity index (χ1n) is 9.01. The second kappa shape index (κ2) is 5.34. The second-order valence-corrected chi connectivity index (χ2v) is 7.93. The summed E-state index contributed by atoms with van der Waals surface area (Å²) in [4.78, 5) is 11.4. The number of carbonyl (C=O) groups excluding carboxylic acids is 1. The van der Waals surface area contributed by atoms with Crippen molar-refractivity contribution in [3.05, 3.63) is 0 Å². The number of carbonyl (C=O) groups is 1. The minimum absolute atomic E-state index is 0.0117. The van der Waals surface area contributed by atoms with E-state index >= 15 is 0 Å². The Morgan fingerprint density at radius 3 is 2.29 bits per heavy atom. The lowest BCUT2D eigenvalue weighted by molar-refractivity contribution is -0.458. The van der Waals surface area contributed by atoms with E-state index in [4.69, 9.17) is 9.47 Å². The molecule has 118 valence electrons. The average Bonchev–Trinajstić information content (AvgIpc) is 2.46. The predicted octanol–water partition coefficient (Wildman–Crippen LogP) is 4.05. The van der Waals surface area contributed by atoms with Crippen molar-refractivity contribution in [1.29, 1.82) is 0 Å². The van der Waals surface area contributed by atoms with Crippen molar-refractivity contribution in [2.45, 2.75) is 83.2 Å². The molecule has 3 heteroatoms. The summed E-state index contributed by atoms with van der Waals surface area (Å²) in [5.41, 5.74) is 0. The normalized spacial score (nSPS) is 48.0. The van der Waals surface area contributed by atoms with Crippen molar-refractivity contribution >= 4 is 5.78 Å². The Morgan fingerprint density at radius 2 is 1.57 bits per heavy atom. The molecule has 0 aromatic rings. The van der Waals surface area contributed by atoms with Gasteiger partial charge in [0.15, 0.2) is 12.1 Å². The summed E-state index contributed by atoms with van der Waals surface area (Å²) in [5.74, 6) is 3.70. The summed E-state index contributed by atoms with van der Waals surface area (Å²) in [5, 5.41) is 0. The van der Waals surface area contributed by atoms with Crippen LogP contribution in [0.4, 0.5) is 0 Å². The van der Waals surface area contributed by atoms with Crippen LogP contribution in [0, 0.1) is 23.7 Å². The minimum Gasteiger partial charge on any atom is -0.321 e. The van der Waals surface area contributed by atoms with Crippen molar-refractivity contribution < 1.29 is 14.3 Å². The third-order valence-corrected chi connectivity index (χ3v) is 6.67. The Kier molecular flexibility index (Phi) is 3.61. The smallest absolute Gasteiger partial charge is 0.174 e. The molecule has 1 spiro atoms. The second-order valence-electron chi connectivity index (χ2n) is 7.93. The number of hydrogen-bond donors (Lipinski definition) is 0. The summed E-state index contributed by atoms with van der Waals surface area (Å²) < 4.78 is 11.8. The molecule has 0 N–H and O–H groups in total. The molecule has 1 aliphatic heterocycles. The van der Waals surface area contributed by atoms with E-state index in [-0.39, 0.29) is 12.1 Å². The molecule has 21 heavy (non-hydrogen) atoms. The van der Waals surface area contributed by atoms with Gasteiger partial charge in [0.05, 0.1) is 0 Å². The third kappa shape index (κ3) is 2.68. The van der Waals surface area contributed by atoms with Crippen molar-refractivity contribution in [1.82, 2.24) is 0 Å². The Balaban J connectivity index is 1.33. The molecule has 4 fully saturated rings. The fourth-order valence-electron chi connectivity index (χ4n) is 5.58. The van der Waals surface area contributed by atoms with Gasteiger partial charge in [0.1, 0.15) is 5.78 Å². The van der Waals surface area contributed by atoms with E-state index in [1.165, 1.54) is 25.7 Å². The van der Waals surface area contributed by atoms with Gasteiger partial charge in [0, 0.05) is 25.7 Å². The predicted molar refractivity (Wildman–Crippen MR) is 79.5 cm³/mol. The van der Waals surface area contributed by atoms with Crippen molar-refractivity contribution in [2.75, 3.05) is 0 Å². The number of Topliss-reactive ketones (excluding diaryl/α,β-unsaturated/α-hetero) is 1. The Labute approximate surface area is 127 Å². The lowest BCUT2D eigenvalue weighted by Crippen LogP contribution is -2.56. The van der Waals surface area contributed by atoms with E-state index in [2.05, 4.69) is 0 Å². The van der Waals surface area contributed by atoms with Gasteiger partial charge in [-0.3, -0.25) is 4.79 Å². The van der Waals surface area contributed by atoms with Crippen LogP contribution >= 0.6 is 0 Å². The molecule has 0 radical (unpaired) electrons. The zero-order valence-corrected chi connectivity index (χ0v) is 13.2. The summed E-state index contributed by atoms with van der Waals surface area (Å²) in [6, 6.07) is 0. The lowest BCUT2D eigenvalue weighted by atomic mass is 9.62. The van der Waals surface area contributed by atoms with Gasteiger partial charge in [0.25, 0.3) is 0 Å². The molecular formula is C18H28O3. The fraction of sp³-hybridized carbons (Fsp3) is 0.944. The molecule has 3 aliphatic carbocycles. The number of hydrogen-bond acceptors (Lipinski definition) is 3. The van der Waals surface area contributed by atoms with E-state index in [0.29, 0.717) is 5.78 Å². The van der Waals surface area contributed by atoms with E-state index in [9.17, 15) is 4.79 Å². The molecule has 3 saturated carbocycles. The van der Waals surface area contributed by atoms with Crippen LogP contribution in [0.3, 0.4) is 0 Å². The van der Waals surface area contributed by atoms with Gasteiger partial charge in [-0.05, 0) is 69.1 Å². The molecule has 4 rings (SSSR count). The maximum atomic E-state index is 11.4. The summed E-state index contributed by atoms with van der Waals surface area (Å²) >= 11 is 0. The maximum Gasteiger partial charge on any atom is 0.174 e. The molecule has 0 aromatic heterocycles. The zero-order valence-electron chi connectivity index (χ0n) is 13.2. The van der Waals surface area contributed by atoms with Gasteiger partial charge < -0.3 is 9.47 Å². The van der Waals surface area contributed by atoms with Crippen LogP contribution < -0.4 is 0 Å². The Morgan fingerprint density at radius 1 is 0.905 bits per heavy atom. The van der Waals surface area contributed by atoms with E-state index in [0.717, 1.165) is 62.2 Å². The van der Waals surface area contributed by atoms with E-state index < -0.39 is 0 Å². The first-order chi connectivity index (χ1) is 10.1. The zero-order chi connectivity index (χ0) is 14.4. The van der Waals surface area contributed by atoms with Crippen LogP contribution in [0.15, 0.2) is 0 Å². The molecule has 3 nitrogen and oxygen atoms in total. The topological polar surface area (TPSA) is 35.5 Å². The number of rotatable bonds is 1. The molecule has 1 heterocycles. The van der Waals surface area contributed by atoms with Crippen molar-refractivity contribution in [3.8, 4) is 0 Å². The highest BCUT2D eigenvalue weighted by molar-refractivity contribution is 5.79. The number of ketones is 1.